The third-order valence-electron chi connectivity index (χ3n) is 3.50. The minimum absolute atomic E-state index is 0.115. The van der Waals surface area contributed by atoms with Crippen LogP contribution in [-0.4, -0.2) is 48.7 Å². The molecule has 1 aliphatic heterocycles. The Kier molecular flexibility index (Phi) is 4.50. The van der Waals surface area contributed by atoms with Crippen LogP contribution in [-0.2, 0) is 0 Å². The molecule has 0 aromatic heterocycles. The van der Waals surface area contributed by atoms with E-state index < -0.39 is 0 Å². The molecule has 1 saturated heterocycles. The highest BCUT2D eigenvalue weighted by Gasteiger charge is 2.19. The van der Waals surface area contributed by atoms with Crippen molar-refractivity contribution in [3.63, 3.8) is 0 Å². The number of halogens is 1. The van der Waals surface area contributed by atoms with Gasteiger partial charge in [0.1, 0.15) is 0 Å². The molecule has 0 radical (unpaired) electrons. The van der Waals surface area contributed by atoms with Crippen molar-refractivity contribution >= 4 is 23.1 Å². The topological polar surface area (TPSA) is 65.1 Å². The van der Waals surface area contributed by atoms with Crippen LogP contribution in [0.3, 0.4) is 0 Å². The molecule has 19 heavy (non-hydrogen) atoms. The molecule has 1 heterocycles. The zero-order valence-electron chi connectivity index (χ0n) is 11.0. The lowest BCUT2D eigenvalue weighted by Crippen LogP contribution is -2.46. The van der Waals surface area contributed by atoms with Gasteiger partial charge in [0, 0.05) is 42.5 Å². The first-order valence-corrected chi connectivity index (χ1v) is 6.78. The predicted molar refractivity (Wildman–Crippen MR) is 78.3 cm³/mol. The molecule has 6 heteroatoms. The van der Waals surface area contributed by atoms with E-state index in [1.807, 2.05) is 6.07 Å². The van der Waals surface area contributed by atoms with Gasteiger partial charge in [0.25, 0.3) is 0 Å². The molecule has 0 amide bonds. The molecule has 0 atom stereocenters. The van der Waals surface area contributed by atoms with E-state index in [1.165, 1.54) is 0 Å². The first-order chi connectivity index (χ1) is 9.15. The van der Waals surface area contributed by atoms with Crippen LogP contribution in [0.15, 0.2) is 23.4 Å². The van der Waals surface area contributed by atoms with Crippen LogP contribution in [0.1, 0.15) is 12.5 Å². The second-order valence-corrected chi connectivity index (χ2v) is 5.00. The second kappa shape index (κ2) is 6.12. The van der Waals surface area contributed by atoms with Gasteiger partial charge in [-0.15, -0.1) is 0 Å². The molecule has 0 bridgehead atoms. The van der Waals surface area contributed by atoms with Gasteiger partial charge in [-0.1, -0.05) is 23.7 Å². The average Bonchev–Trinajstić information content (AvgIpc) is 2.46. The standard InChI is InChI=1S/C13H19ClN4O/c1-2-17-5-7-18(8-6-17)12-9-10(14)3-4-11(12)13(15)16-19/h3-4,9,19H,2,5-8H2,1H3,(H2,15,16). The first-order valence-electron chi connectivity index (χ1n) is 6.40. The molecular weight excluding hydrogens is 264 g/mol. The lowest BCUT2D eigenvalue weighted by molar-refractivity contribution is 0.271. The Morgan fingerprint density at radius 3 is 2.63 bits per heavy atom. The minimum Gasteiger partial charge on any atom is -0.409 e. The molecule has 5 nitrogen and oxygen atoms in total. The summed E-state index contributed by atoms with van der Waals surface area (Å²) in [4.78, 5) is 4.62. The number of amidine groups is 1. The van der Waals surface area contributed by atoms with E-state index in [1.54, 1.807) is 12.1 Å². The van der Waals surface area contributed by atoms with E-state index in [0.29, 0.717) is 5.02 Å². The van der Waals surface area contributed by atoms with Crippen molar-refractivity contribution in [2.24, 2.45) is 10.9 Å². The summed E-state index contributed by atoms with van der Waals surface area (Å²) in [6, 6.07) is 5.41. The van der Waals surface area contributed by atoms with Gasteiger partial charge in [-0.2, -0.15) is 0 Å². The Hall–Kier alpha value is -1.46. The maximum absolute atomic E-state index is 8.86. The van der Waals surface area contributed by atoms with Crippen molar-refractivity contribution in [1.82, 2.24) is 4.90 Å². The third kappa shape index (κ3) is 3.11. The smallest absolute Gasteiger partial charge is 0.172 e. The van der Waals surface area contributed by atoms with E-state index in [2.05, 4.69) is 21.9 Å². The Labute approximate surface area is 118 Å². The largest absolute Gasteiger partial charge is 0.409 e. The molecule has 0 saturated carbocycles. The Morgan fingerprint density at radius 2 is 2.05 bits per heavy atom. The first kappa shape index (κ1) is 14.0. The Balaban J connectivity index is 2.26. The summed E-state index contributed by atoms with van der Waals surface area (Å²) in [5.41, 5.74) is 7.37. The van der Waals surface area contributed by atoms with Crippen molar-refractivity contribution in [3.8, 4) is 0 Å². The van der Waals surface area contributed by atoms with Gasteiger partial charge >= 0.3 is 0 Å². The SMILES string of the molecule is CCN1CCN(c2cc(Cl)ccc2C(N)=NO)CC1. The molecule has 0 spiro atoms. The number of nitrogens with two attached hydrogens (primary N) is 1. The lowest BCUT2D eigenvalue weighted by atomic mass is 10.1. The van der Waals surface area contributed by atoms with Crippen molar-refractivity contribution in [3.05, 3.63) is 28.8 Å². The van der Waals surface area contributed by atoms with Crippen LogP contribution in [0.2, 0.25) is 5.02 Å². The number of oxime groups is 1. The monoisotopic (exact) mass is 282 g/mol. The summed E-state index contributed by atoms with van der Waals surface area (Å²) in [6.45, 7) is 7.09. The van der Waals surface area contributed by atoms with Gasteiger partial charge in [-0.3, -0.25) is 0 Å². The zero-order chi connectivity index (χ0) is 13.8. The van der Waals surface area contributed by atoms with E-state index in [9.17, 15) is 0 Å². The van der Waals surface area contributed by atoms with Gasteiger partial charge in [0.2, 0.25) is 0 Å². The molecule has 1 aromatic rings. The van der Waals surface area contributed by atoms with Gasteiger partial charge < -0.3 is 20.7 Å². The second-order valence-electron chi connectivity index (χ2n) is 4.57. The number of benzene rings is 1. The Bertz CT molecular complexity index is 470. The fourth-order valence-corrected chi connectivity index (χ4v) is 2.51. The quantitative estimate of drug-likeness (QED) is 0.382. The van der Waals surface area contributed by atoms with Gasteiger partial charge in [-0.05, 0) is 24.7 Å². The fourth-order valence-electron chi connectivity index (χ4n) is 2.34. The van der Waals surface area contributed by atoms with Gasteiger partial charge in [0.05, 0.1) is 0 Å². The molecule has 2 rings (SSSR count). The maximum atomic E-state index is 8.86. The highest BCUT2D eigenvalue weighted by molar-refractivity contribution is 6.31. The van der Waals surface area contributed by atoms with Crippen molar-refractivity contribution < 1.29 is 5.21 Å². The Morgan fingerprint density at radius 1 is 1.37 bits per heavy atom. The van der Waals surface area contributed by atoms with Crippen LogP contribution in [0, 0.1) is 0 Å². The summed E-state index contributed by atoms with van der Waals surface area (Å²) in [5.74, 6) is 0.115. The lowest BCUT2D eigenvalue weighted by Gasteiger charge is -2.36. The summed E-state index contributed by atoms with van der Waals surface area (Å²) in [7, 11) is 0. The number of nitrogens with zero attached hydrogens (tertiary/aromatic N) is 3. The summed E-state index contributed by atoms with van der Waals surface area (Å²) >= 11 is 6.06. The highest BCUT2D eigenvalue weighted by Crippen LogP contribution is 2.26. The number of piperazine rings is 1. The number of anilines is 1. The summed E-state index contributed by atoms with van der Waals surface area (Å²) < 4.78 is 0. The number of likely N-dealkylation sites (N-methyl/N-ethyl adjacent to an activating group) is 1. The molecule has 1 fully saturated rings. The van der Waals surface area contributed by atoms with Gasteiger partial charge in [-0.25, -0.2) is 0 Å². The minimum atomic E-state index is 0.115. The molecular formula is C13H19ClN4O. The van der Waals surface area contributed by atoms with Crippen LogP contribution >= 0.6 is 11.6 Å². The zero-order valence-corrected chi connectivity index (χ0v) is 11.8. The highest BCUT2D eigenvalue weighted by atomic mass is 35.5. The number of rotatable bonds is 3. The summed E-state index contributed by atoms with van der Waals surface area (Å²) in [5, 5.41) is 12.6. The fraction of sp³-hybridized carbons (Fsp3) is 0.462. The van der Waals surface area contributed by atoms with Gasteiger partial charge in [0.15, 0.2) is 5.84 Å². The van der Waals surface area contributed by atoms with E-state index in [4.69, 9.17) is 22.5 Å². The maximum Gasteiger partial charge on any atom is 0.172 e. The molecule has 104 valence electrons. The number of hydrogen-bond acceptors (Lipinski definition) is 4. The van der Waals surface area contributed by atoms with Crippen molar-refractivity contribution in [2.75, 3.05) is 37.6 Å². The number of hydrogen-bond donors (Lipinski definition) is 2. The molecule has 1 aliphatic rings. The summed E-state index contributed by atoms with van der Waals surface area (Å²) in [6.07, 6.45) is 0. The van der Waals surface area contributed by atoms with E-state index >= 15 is 0 Å². The van der Waals surface area contributed by atoms with Crippen LogP contribution < -0.4 is 10.6 Å². The van der Waals surface area contributed by atoms with E-state index in [-0.39, 0.29) is 5.84 Å². The molecule has 3 N–H and O–H groups in total. The van der Waals surface area contributed by atoms with Crippen LogP contribution in [0.25, 0.3) is 0 Å². The average molecular weight is 283 g/mol. The van der Waals surface area contributed by atoms with E-state index in [0.717, 1.165) is 44.0 Å². The van der Waals surface area contributed by atoms with Crippen LogP contribution in [0.4, 0.5) is 5.69 Å². The van der Waals surface area contributed by atoms with Crippen molar-refractivity contribution in [2.45, 2.75) is 6.92 Å². The normalized spacial score (nSPS) is 17.8. The molecule has 1 aromatic carbocycles. The predicted octanol–water partition coefficient (Wildman–Crippen LogP) is 1.58. The van der Waals surface area contributed by atoms with Crippen molar-refractivity contribution in [1.29, 1.82) is 0 Å². The molecule has 0 aliphatic carbocycles. The third-order valence-corrected chi connectivity index (χ3v) is 3.74. The van der Waals surface area contributed by atoms with Crippen LogP contribution in [0.5, 0.6) is 0 Å². The molecule has 0 unspecified atom stereocenters.